The molecule has 0 spiro atoms. The van der Waals surface area contributed by atoms with Gasteiger partial charge in [-0.05, 0) is 66.2 Å². The zero-order valence-electron chi connectivity index (χ0n) is 25.2. The fraction of sp³-hybridized carbons (Fsp3) is 0.105. The van der Waals surface area contributed by atoms with Gasteiger partial charge in [0.05, 0.1) is 0 Å². The van der Waals surface area contributed by atoms with E-state index in [9.17, 15) is 0 Å². The number of fused-ring (bicyclic) bond motifs is 1. The topological polar surface area (TPSA) is 36.9 Å². The van der Waals surface area contributed by atoms with Crippen LogP contribution in [0, 0.1) is 0 Å². The smallest absolute Gasteiger partial charge is 0.400 e. The summed E-state index contributed by atoms with van der Waals surface area (Å²) in [6, 6.07) is 42.1. The summed E-state index contributed by atoms with van der Waals surface area (Å²) in [4.78, 5) is 0. The largest absolute Gasteiger partial charge is 0.586 e. The van der Waals surface area contributed by atoms with Crippen molar-refractivity contribution in [3.63, 3.8) is 0 Å². The molecule has 0 saturated carbocycles. The normalized spacial score (nSPS) is 17.4. The van der Waals surface area contributed by atoms with Gasteiger partial charge in [0.15, 0.2) is 23.0 Å². The van der Waals surface area contributed by atoms with Gasteiger partial charge >= 0.3 is 12.6 Å². The maximum Gasteiger partial charge on any atom is 0.586 e. The van der Waals surface area contributed by atoms with Gasteiger partial charge in [0.2, 0.25) is 0 Å². The van der Waals surface area contributed by atoms with Gasteiger partial charge in [-0.25, -0.2) is 0 Å². The van der Waals surface area contributed by atoms with Crippen molar-refractivity contribution in [3.8, 4) is 11.5 Å². The Kier molecular flexibility index (Phi) is 7.74. The van der Waals surface area contributed by atoms with E-state index in [-0.39, 0.29) is 40.6 Å². The summed E-state index contributed by atoms with van der Waals surface area (Å²) in [5, 5.41) is 5.18. The molecule has 2 heterocycles. The van der Waals surface area contributed by atoms with E-state index in [0.717, 1.165) is 26.5 Å². The van der Waals surface area contributed by atoms with Gasteiger partial charge in [-0.1, -0.05) is 121 Å². The van der Waals surface area contributed by atoms with Crippen LogP contribution in [0.25, 0.3) is 5.57 Å². The highest BCUT2D eigenvalue weighted by Crippen LogP contribution is 2.60. The van der Waals surface area contributed by atoms with Crippen LogP contribution < -0.4 is 36.0 Å². The summed E-state index contributed by atoms with van der Waals surface area (Å²) >= 11 is 0. The Morgan fingerprint density at radius 3 is 1.48 bits per heavy atom. The monoisotopic (exact) mass is 684 g/mol. The minimum absolute atomic E-state index is 0.0344. The molecule has 8 rings (SSSR count). The highest BCUT2D eigenvalue weighted by atomic mass is 31.1. The molecule has 0 aromatic heterocycles. The van der Waals surface area contributed by atoms with E-state index in [2.05, 4.69) is 0 Å². The van der Waals surface area contributed by atoms with E-state index in [1.807, 2.05) is 121 Å². The lowest BCUT2D eigenvalue weighted by Crippen LogP contribution is -2.27. The summed E-state index contributed by atoms with van der Waals surface area (Å²) in [5.41, 5.74) is 0.492. The summed E-state index contributed by atoms with van der Waals surface area (Å²) in [7, 11) is -2.80. The van der Waals surface area contributed by atoms with Crippen molar-refractivity contribution in [1.82, 2.24) is 0 Å². The number of hydrogen-bond acceptors (Lipinski definition) is 4. The van der Waals surface area contributed by atoms with Crippen molar-refractivity contribution < 1.29 is 36.5 Å². The Bertz CT molecular complexity index is 1960. The standard InChI is InChI=1S/C38H26F4O4P2/c39-37(40)43-29-21-23-31(47(25-13-5-1-6-14-25)26-15-7-2-8-16-26)33(35(29)45-37)34-32(24-22-30-36(34)46-38(41,42)44-30)48(27-17-9-3-10-18-27)28-19-11-4-12-20-28/h1-21,23H,22,24H2. The van der Waals surface area contributed by atoms with Gasteiger partial charge in [0.1, 0.15) is 0 Å². The van der Waals surface area contributed by atoms with Gasteiger partial charge in [-0.2, -0.15) is 0 Å². The molecule has 0 fully saturated rings. The van der Waals surface area contributed by atoms with Crippen molar-refractivity contribution in [2.24, 2.45) is 0 Å². The van der Waals surface area contributed by atoms with Gasteiger partial charge in [0, 0.05) is 17.6 Å². The third kappa shape index (κ3) is 5.63. The maximum atomic E-state index is 15.0. The fourth-order valence-corrected chi connectivity index (χ4v) is 11.4. The zero-order chi connectivity index (χ0) is 32.9. The molecule has 10 heteroatoms. The van der Waals surface area contributed by atoms with Crippen LogP contribution in [0.15, 0.2) is 150 Å². The maximum absolute atomic E-state index is 15.0. The number of hydrogen-bond donors (Lipinski definition) is 0. The van der Waals surface area contributed by atoms with Crippen molar-refractivity contribution >= 4 is 47.9 Å². The van der Waals surface area contributed by atoms with Crippen LogP contribution in [0.1, 0.15) is 18.4 Å². The Hall–Kier alpha value is -4.64. The lowest BCUT2D eigenvalue weighted by molar-refractivity contribution is -0.336. The highest BCUT2D eigenvalue weighted by molar-refractivity contribution is 7.80. The number of alkyl halides is 4. The molecule has 2 aliphatic heterocycles. The van der Waals surface area contributed by atoms with Gasteiger partial charge in [-0.3, -0.25) is 0 Å². The van der Waals surface area contributed by atoms with Crippen molar-refractivity contribution in [1.29, 1.82) is 0 Å². The quantitative estimate of drug-likeness (QED) is 0.128. The fourth-order valence-electron chi connectivity index (χ4n) is 6.34. The van der Waals surface area contributed by atoms with E-state index in [4.69, 9.17) is 18.9 Å². The van der Waals surface area contributed by atoms with Gasteiger partial charge in [0.25, 0.3) is 0 Å². The first-order valence-electron chi connectivity index (χ1n) is 15.2. The summed E-state index contributed by atoms with van der Waals surface area (Å²) < 4.78 is 80.7. The Labute approximate surface area is 276 Å². The van der Waals surface area contributed by atoms with Crippen molar-refractivity contribution in [2.45, 2.75) is 25.4 Å². The predicted octanol–water partition coefficient (Wildman–Crippen LogP) is 8.21. The molecule has 0 radical (unpaired) electrons. The van der Waals surface area contributed by atoms with Crippen LogP contribution in [0.4, 0.5) is 17.6 Å². The molecule has 48 heavy (non-hydrogen) atoms. The van der Waals surface area contributed by atoms with Crippen LogP contribution in [-0.2, 0) is 9.47 Å². The molecule has 0 atom stereocenters. The third-order valence-corrected chi connectivity index (χ3v) is 13.3. The van der Waals surface area contributed by atoms with E-state index < -0.39 is 28.4 Å². The first-order chi connectivity index (χ1) is 23.3. The molecular weight excluding hydrogens is 658 g/mol. The molecular formula is C38H26F4O4P2. The highest BCUT2D eigenvalue weighted by Gasteiger charge is 2.52. The van der Waals surface area contributed by atoms with Crippen molar-refractivity contribution in [3.05, 3.63) is 156 Å². The number of allylic oxidation sites excluding steroid dienone is 3. The minimum Gasteiger partial charge on any atom is -0.400 e. The molecule has 5 aromatic rings. The van der Waals surface area contributed by atoms with Crippen LogP contribution in [0.5, 0.6) is 11.5 Å². The van der Waals surface area contributed by atoms with Crippen LogP contribution >= 0.6 is 15.8 Å². The number of ether oxygens (including phenoxy) is 4. The molecule has 0 saturated heterocycles. The summed E-state index contributed by atoms with van der Waals surface area (Å²) in [6.07, 6.45) is -7.44. The molecule has 1 aliphatic carbocycles. The molecule has 0 unspecified atom stereocenters. The second-order valence-corrected chi connectivity index (χ2v) is 15.6. The lowest BCUT2D eigenvalue weighted by atomic mass is 9.95. The SMILES string of the molecule is FC1(F)OC2=C(O1)C(c1c(P(c3ccccc3)c3ccccc3)ccc3c1OC(F)(F)O3)=C(P(c1ccccc1)c1ccccc1)CC2. The lowest BCUT2D eigenvalue weighted by Gasteiger charge is -2.31. The zero-order valence-corrected chi connectivity index (χ0v) is 26.9. The first-order valence-corrected chi connectivity index (χ1v) is 17.9. The minimum atomic E-state index is -3.97. The first kappa shape index (κ1) is 30.7. The molecule has 240 valence electrons. The van der Waals surface area contributed by atoms with Crippen LogP contribution in [0.3, 0.4) is 0 Å². The van der Waals surface area contributed by atoms with E-state index in [0.29, 0.717) is 11.7 Å². The summed E-state index contributed by atoms with van der Waals surface area (Å²) in [6.45, 7) is 0. The second-order valence-electron chi connectivity index (χ2n) is 11.2. The molecule has 5 aromatic carbocycles. The van der Waals surface area contributed by atoms with Gasteiger partial charge in [-0.15, -0.1) is 17.6 Å². The summed E-state index contributed by atoms with van der Waals surface area (Å²) in [5.74, 6) is -0.630. The van der Waals surface area contributed by atoms with E-state index in [1.165, 1.54) is 6.07 Å². The number of halogens is 4. The second kappa shape index (κ2) is 12.1. The Morgan fingerprint density at radius 2 is 0.958 bits per heavy atom. The molecule has 3 aliphatic rings. The number of benzene rings is 5. The Balaban J connectivity index is 1.48. The van der Waals surface area contributed by atoms with E-state index in [1.54, 1.807) is 6.07 Å². The van der Waals surface area contributed by atoms with Crippen LogP contribution in [0.2, 0.25) is 0 Å². The average molecular weight is 685 g/mol. The predicted molar refractivity (Wildman–Crippen MR) is 181 cm³/mol. The molecule has 0 bridgehead atoms. The third-order valence-electron chi connectivity index (χ3n) is 8.19. The number of rotatable bonds is 7. The molecule has 0 amide bonds. The van der Waals surface area contributed by atoms with Crippen molar-refractivity contribution in [2.75, 3.05) is 0 Å². The Morgan fingerprint density at radius 1 is 0.479 bits per heavy atom. The molecule has 0 N–H and O–H groups in total. The van der Waals surface area contributed by atoms with E-state index >= 15 is 17.6 Å². The van der Waals surface area contributed by atoms with Crippen LogP contribution in [-0.4, -0.2) is 12.6 Å². The average Bonchev–Trinajstić information content (AvgIpc) is 3.60. The van der Waals surface area contributed by atoms with Gasteiger partial charge < -0.3 is 18.9 Å². The molecule has 4 nitrogen and oxygen atoms in total.